The molecule has 2 fully saturated rings. The quantitative estimate of drug-likeness (QED) is 0.330. The molecular formula is C24H33IN4O. The van der Waals surface area contributed by atoms with E-state index in [2.05, 4.69) is 77.1 Å². The van der Waals surface area contributed by atoms with E-state index in [4.69, 9.17) is 9.73 Å². The van der Waals surface area contributed by atoms with E-state index in [1.165, 1.54) is 29.7 Å². The smallest absolute Gasteiger partial charge is 0.191 e. The first kappa shape index (κ1) is 22.9. The fourth-order valence-corrected chi connectivity index (χ4v) is 4.03. The number of halogens is 1. The van der Waals surface area contributed by atoms with Crippen LogP contribution in [-0.4, -0.2) is 45.4 Å². The summed E-state index contributed by atoms with van der Waals surface area (Å²) in [4.78, 5) is 7.31. The standard InChI is InChI=1S/C24H32N4O.HI/c1-2-25-23(27-19-24(12-13-24)21-9-4-3-5-10-21)26-18-20-8-6-7-11-22(20)28-14-16-29-17-15-28;/h3-11H,2,12-19H2,1H3,(H2,25,26,27);1H. The van der Waals surface area contributed by atoms with Gasteiger partial charge in [-0.2, -0.15) is 0 Å². The first-order valence-corrected chi connectivity index (χ1v) is 10.8. The first-order valence-electron chi connectivity index (χ1n) is 10.8. The Labute approximate surface area is 197 Å². The second-order valence-corrected chi connectivity index (χ2v) is 7.92. The van der Waals surface area contributed by atoms with Crippen molar-refractivity contribution in [2.75, 3.05) is 44.3 Å². The van der Waals surface area contributed by atoms with E-state index in [0.717, 1.165) is 45.4 Å². The average Bonchev–Trinajstić information content (AvgIpc) is 3.58. The molecule has 0 bridgehead atoms. The van der Waals surface area contributed by atoms with Crippen molar-refractivity contribution in [1.29, 1.82) is 0 Å². The Morgan fingerprint density at radius 3 is 2.40 bits per heavy atom. The molecule has 0 unspecified atom stereocenters. The second-order valence-electron chi connectivity index (χ2n) is 7.92. The lowest BCUT2D eigenvalue weighted by molar-refractivity contribution is 0.122. The minimum Gasteiger partial charge on any atom is -0.378 e. The van der Waals surface area contributed by atoms with Crippen molar-refractivity contribution in [2.24, 2.45) is 4.99 Å². The van der Waals surface area contributed by atoms with Crippen LogP contribution in [0.3, 0.4) is 0 Å². The zero-order chi connectivity index (χ0) is 19.9. The summed E-state index contributed by atoms with van der Waals surface area (Å²) in [6, 6.07) is 19.4. The van der Waals surface area contributed by atoms with Crippen LogP contribution in [0.2, 0.25) is 0 Å². The van der Waals surface area contributed by atoms with Crippen LogP contribution in [0, 0.1) is 0 Å². The highest BCUT2D eigenvalue weighted by molar-refractivity contribution is 14.0. The van der Waals surface area contributed by atoms with Gasteiger partial charge in [0.15, 0.2) is 5.96 Å². The minimum absolute atomic E-state index is 0. The second kappa shape index (κ2) is 11.0. The predicted octanol–water partition coefficient (Wildman–Crippen LogP) is 3.93. The Kier molecular flexibility index (Phi) is 8.39. The molecular weight excluding hydrogens is 487 g/mol. The molecule has 2 aromatic rings. The highest BCUT2D eigenvalue weighted by Gasteiger charge is 2.44. The lowest BCUT2D eigenvalue weighted by Gasteiger charge is -2.30. The molecule has 0 spiro atoms. The molecule has 6 heteroatoms. The van der Waals surface area contributed by atoms with Gasteiger partial charge >= 0.3 is 0 Å². The van der Waals surface area contributed by atoms with Crippen molar-refractivity contribution in [3.05, 3.63) is 65.7 Å². The number of nitrogens with one attached hydrogen (secondary N) is 2. The van der Waals surface area contributed by atoms with Gasteiger partial charge in [-0.3, -0.25) is 0 Å². The van der Waals surface area contributed by atoms with Gasteiger partial charge in [-0.15, -0.1) is 24.0 Å². The van der Waals surface area contributed by atoms with Crippen molar-refractivity contribution in [3.8, 4) is 0 Å². The monoisotopic (exact) mass is 520 g/mol. The SMILES string of the molecule is CCNC(=NCc1ccccc1N1CCOCC1)NCC1(c2ccccc2)CC1.I. The van der Waals surface area contributed by atoms with Crippen LogP contribution in [0.5, 0.6) is 0 Å². The van der Waals surface area contributed by atoms with Crippen molar-refractivity contribution in [3.63, 3.8) is 0 Å². The molecule has 0 radical (unpaired) electrons. The van der Waals surface area contributed by atoms with Gasteiger partial charge in [0.1, 0.15) is 0 Å². The van der Waals surface area contributed by atoms with Crippen LogP contribution in [-0.2, 0) is 16.7 Å². The van der Waals surface area contributed by atoms with Crippen LogP contribution in [0.1, 0.15) is 30.9 Å². The Hall–Kier alpha value is -1.80. The van der Waals surface area contributed by atoms with Crippen LogP contribution in [0.15, 0.2) is 59.6 Å². The predicted molar refractivity (Wildman–Crippen MR) is 135 cm³/mol. The molecule has 162 valence electrons. The first-order chi connectivity index (χ1) is 14.3. The molecule has 2 aliphatic rings. The molecule has 30 heavy (non-hydrogen) atoms. The van der Waals surface area contributed by atoms with E-state index in [9.17, 15) is 0 Å². The number of guanidine groups is 1. The van der Waals surface area contributed by atoms with E-state index >= 15 is 0 Å². The summed E-state index contributed by atoms with van der Waals surface area (Å²) in [6.45, 7) is 8.04. The Balaban J connectivity index is 0.00000256. The number of aliphatic imine (C=N–C) groups is 1. The van der Waals surface area contributed by atoms with Gasteiger partial charge in [-0.1, -0.05) is 48.5 Å². The van der Waals surface area contributed by atoms with Crippen molar-refractivity contribution < 1.29 is 4.74 Å². The maximum Gasteiger partial charge on any atom is 0.191 e. The van der Waals surface area contributed by atoms with Gasteiger partial charge in [-0.05, 0) is 37.0 Å². The average molecular weight is 520 g/mol. The number of rotatable bonds is 7. The molecule has 0 amide bonds. The molecule has 1 aliphatic heterocycles. The molecule has 1 aliphatic carbocycles. The largest absolute Gasteiger partial charge is 0.378 e. The third-order valence-electron chi connectivity index (χ3n) is 5.93. The van der Waals surface area contributed by atoms with Crippen molar-refractivity contribution in [1.82, 2.24) is 10.6 Å². The molecule has 1 saturated heterocycles. The number of ether oxygens (including phenoxy) is 1. The molecule has 2 N–H and O–H groups in total. The van der Waals surface area contributed by atoms with Gasteiger partial charge in [0.05, 0.1) is 19.8 Å². The summed E-state index contributed by atoms with van der Waals surface area (Å²) in [5.74, 6) is 0.895. The number of benzene rings is 2. The zero-order valence-electron chi connectivity index (χ0n) is 17.8. The number of hydrogen-bond donors (Lipinski definition) is 2. The van der Waals surface area contributed by atoms with E-state index in [1.807, 2.05) is 0 Å². The number of hydrogen-bond acceptors (Lipinski definition) is 3. The Morgan fingerprint density at radius 1 is 1.00 bits per heavy atom. The van der Waals surface area contributed by atoms with Gasteiger partial charge in [0, 0.05) is 37.3 Å². The van der Waals surface area contributed by atoms with Gasteiger partial charge in [0.25, 0.3) is 0 Å². The van der Waals surface area contributed by atoms with Gasteiger partial charge in [-0.25, -0.2) is 4.99 Å². The number of para-hydroxylation sites is 1. The van der Waals surface area contributed by atoms with Gasteiger partial charge in [0.2, 0.25) is 0 Å². The lowest BCUT2D eigenvalue weighted by atomic mass is 9.96. The number of morpholine rings is 1. The summed E-state index contributed by atoms with van der Waals surface area (Å²) in [6.07, 6.45) is 2.48. The number of anilines is 1. The Morgan fingerprint density at radius 2 is 1.70 bits per heavy atom. The normalized spacial score (nSPS) is 17.8. The van der Waals surface area contributed by atoms with E-state index < -0.39 is 0 Å². The summed E-state index contributed by atoms with van der Waals surface area (Å²) in [7, 11) is 0. The van der Waals surface area contributed by atoms with Crippen molar-refractivity contribution >= 4 is 35.6 Å². The zero-order valence-corrected chi connectivity index (χ0v) is 20.1. The molecule has 4 rings (SSSR count). The summed E-state index contributed by atoms with van der Waals surface area (Å²) < 4.78 is 5.51. The fraction of sp³-hybridized carbons (Fsp3) is 0.458. The van der Waals surface area contributed by atoms with Gasteiger partial charge < -0.3 is 20.3 Å². The van der Waals surface area contributed by atoms with Crippen LogP contribution >= 0.6 is 24.0 Å². The lowest BCUT2D eigenvalue weighted by Crippen LogP contribution is -2.41. The van der Waals surface area contributed by atoms with E-state index in [0.29, 0.717) is 6.54 Å². The molecule has 0 atom stereocenters. The molecule has 1 saturated carbocycles. The summed E-state index contributed by atoms with van der Waals surface area (Å²) in [5.41, 5.74) is 4.23. The molecule has 0 aromatic heterocycles. The third-order valence-corrected chi connectivity index (χ3v) is 5.93. The molecule has 5 nitrogen and oxygen atoms in total. The minimum atomic E-state index is 0. The summed E-state index contributed by atoms with van der Waals surface area (Å²) >= 11 is 0. The summed E-state index contributed by atoms with van der Waals surface area (Å²) in [5, 5.41) is 7.01. The Bertz CT molecular complexity index is 817. The van der Waals surface area contributed by atoms with Crippen molar-refractivity contribution in [2.45, 2.75) is 31.7 Å². The third kappa shape index (κ3) is 5.66. The highest BCUT2D eigenvalue weighted by Crippen LogP contribution is 2.47. The highest BCUT2D eigenvalue weighted by atomic mass is 127. The molecule has 2 aromatic carbocycles. The van der Waals surface area contributed by atoms with E-state index in [-0.39, 0.29) is 29.4 Å². The van der Waals surface area contributed by atoms with Crippen LogP contribution in [0.25, 0.3) is 0 Å². The fourth-order valence-electron chi connectivity index (χ4n) is 4.03. The molecule has 1 heterocycles. The maximum atomic E-state index is 5.51. The van der Waals surface area contributed by atoms with E-state index in [1.54, 1.807) is 0 Å². The maximum absolute atomic E-state index is 5.51. The van der Waals surface area contributed by atoms with Crippen LogP contribution < -0.4 is 15.5 Å². The topological polar surface area (TPSA) is 48.9 Å². The number of nitrogens with zero attached hydrogens (tertiary/aromatic N) is 2. The van der Waals surface area contributed by atoms with Crippen LogP contribution in [0.4, 0.5) is 5.69 Å².